The van der Waals surface area contributed by atoms with E-state index in [1.54, 1.807) is 12.3 Å². The molecule has 0 radical (unpaired) electrons. The molecule has 0 saturated carbocycles. The van der Waals surface area contributed by atoms with Gasteiger partial charge in [-0.05, 0) is 23.9 Å². The van der Waals surface area contributed by atoms with Crippen LogP contribution < -0.4 is 15.5 Å². The molecule has 1 saturated heterocycles. The number of rotatable bonds is 11. The first-order chi connectivity index (χ1) is 13.5. The number of amides is 1. The van der Waals surface area contributed by atoms with Gasteiger partial charge in [0.1, 0.15) is 5.69 Å². The van der Waals surface area contributed by atoms with Crippen LogP contribution in [0, 0.1) is 5.92 Å². The SMILES string of the molecule is C=CC(C)CNc1cnc(C(=O)NOC)cc1C(=C)SNCC1COCCO1. The van der Waals surface area contributed by atoms with Crippen molar-refractivity contribution in [2.45, 2.75) is 13.0 Å². The van der Waals surface area contributed by atoms with Crippen molar-refractivity contribution < 1.29 is 19.1 Å². The van der Waals surface area contributed by atoms with Crippen molar-refractivity contribution in [3.63, 3.8) is 0 Å². The second-order valence-electron chi connectivity index (χ2n) is 6.29. The van der Waals surface area contributed by atoms with Crippen molar-refractivity contribution in [3.05, 3.63) is 42.8 Å². The lowest BCUT2D eigenvalue weighted by molar-refractivity contribution is -0.0845. The molecule has 1 aliphatic heterocycles. The first-order valence-corrected chi connectivity index (χ1v) is 9.85. The van der Waals surface area contributed by atoms with Crippen LogP contribution in [0.2, 0.25) is 0 Å². The molecule has 1 fully saturated rings. The molecule has 9 heteroatoms. The van der Waals surface area contributed by atoms with Crippen molar-refractivity contribution >= 4 is 28.4 Å². The minimum atomic E-state index is -0.423. The fourth-order valence-corrected chi connectivity index (χ4v) is 3.10. The molecule has 0 bridgehead atoms. The summed E-state index contributed by atoms with van der Waals surface area (Å²) in [4.78, 5) is 21.7. The molecule has 2 heterocycles. The summed E-state index contributed by atoms with van der Waals surface area (Å²) in [6, 6.07) is 1.69. The van der Waals surface area contributed by atoms with E-state index < -0.39 is 5.91 Å². The maximum absolute atomic E-state index is 12.0. The Morgan fingerprint density at radius 1 is 1.54 bits per heavy atom. The van der Waals surface area contributed by atoms with Gasteiger partial charge in [-0.25, -0.2) is 10.5 Å². The Morgan fingerprint density at radius 2 is 2.36 bits per heavy atom. The third-order valence-corrected chi connectivity index (χ3v) is 4.82. The molecule has 0 aliphatic carbocycles. The van der Waals surface area contributed by atoms with E-state index in [4.69, 9.17) is 9.47 Å². The summed E-state index contributed by atoms with van der Waals surface area (Å²) in [6.45, 7) is 13.1. The van der Waals surface area contributed by atoms with E-state index in [9.17, 15) is 4.79 Å². The molecule has 154 valence electrons. The number of anilines is 1. The molecule has 1 aromatic rings. The Kier molecular flexibility index (Phi) is 9.45. The molecular weight excluding hydrogens is 380 g/mol. The molecule has 1 aliphatic rings. The highest BCUT2D eigenvalue weighted by Crippen LogP contribution is 2.30. The van der Waals surface area contributed by atoms with Crippen molar-refractivity contribution in [1.29, 1.82) is 0 Å². The minimum Gasteiger partial charge on any atom is -0.383 e. The van der Waals surface area contributed by atoms with Crippen LogP contribution in [0.5, 0.6) is 0 Å². The van der Waals surface area contributed by atoms with Gasteiger partial charge in [0.25, 0.3) is 5.91 Å². The Balaban J connectivity index is 2.06. The number of nitrogens with one attached hydrogen (secondary N) is 3. The summed E-state index contributed by atoms with van der Waals surface area (Å²) in [7, 11) is 1.38. The van der Waals surface area contributed by atoms with Gasteiger partial charge in [0.15, 0.2) is 0 Å². The highest BCUT2D eigenvalue weighted by atomic mass is 32.2. The highest BCUT2D eigenvalue weighted by molar-refractivity contribution is 8.06. The van der Waals surface area contributed by atoms with Crippen LogP contribution in [0.3, 0.4) is 0 Å². The van der Waals surface area contributed by atoms with Gasteiger partial charge in [-0.3, -0.25) is 14.4 Å². The van der Waals surface area contributed by atoms with Gasteiger partial charge in [0, 0.05) is 23.6 Å². The largest absolute Gasteiger partial charge is 0.383 e. The zero-order valence-corrected chi connectivity index (χ0v) is 17.1. The molecule has 2 atom stereocenters. The number of hydrogen-bond donors (Lipinski definition) is 3. The number of aromatic nitrogens is 1. The predicted octanol–water partition coefficient (Wildman–Crippen LogP) is 2.23. The third-order valence-electron chi connectivity index (χ3n) is 4.04. The quantitative estimate of drug-likeness (QED) is 0.292. The van der Waals surface area contributed by atoms with Gasteiger partial charge in [-0.15, -0.1) is 6.58 Å². The zero-order chi connectivity index (χ0) is 20.4. The van der Waals surface area contributed by atoms with Crippen LogP contribution in [-0.4, -0.2) is 57.0 Å². The fraction of sp³-hybridized carbons (Fsp3) is 0.474. The van der Waals surface area contributed by atoms with Gasteiger partial charge in [-0.1, -0.05) is 19.6 Å². The van der Waals surface area contributed by atoms with Crippen LogP contribution in [0.25, 0.3) is 4.91 Å². The summed E-state index contributed by atoms with van der Waals surface area (Å²) >= 11 is 1.38. The summed E-state index contributed by atoms with van der Waals surface area (Å²) in [6.07, 6.45) is 3.51. The average molecular weight is 409 g/mol. The van der Waals surface area contributed by atoms with Crippen LogP contribution in [0.15, 0.2) is 31.5 Å². The van der Waals surface area contributed by atoms with E-state index in [2.05, 4.69) is 45.4 Å². The van der Waals surface area contributed by atoms with Gasteiger partial charge >= 0.3 is 0 Å². The number of hydrogen-bond acceptors (Lipinski definition) is 8. The lowest BCUT2D eigenvalue weighted by Crippen LogP contribution is -2.35. The fourth-order valence-electron chi connectivity index (χ4n) is 2.38. The molecule has 2 rings (SSSR count). The van der Waals surface area contributed by atoms with Crippen LogP contribution in [0.1, 0.15) is 23.0 Å². The second-order valence-corrected chi connectivity index (χ2v) is 7.27. The number of pyridine rings is 1. The first-order valence-electron chi connectivity index (χ1n) is 9.03. The van der Waals surface area contributed by atoms with Crippen molar-refractivity contribution in [3.8, 4) is 0 Å². The van der Waals surface area contributed by atoms with Gasteiger partial charge < -0.3 is 14.8 Å². The average Bonchev–Trinajstić information content (AvgIpc) is 2.72. The minimum absolute atomic E-state index is 0.0144. The Hall–Kier alpha value is -1.91. The molecule has 0 spiro atoms. The van der Waals surface area contributed by atoms with Crippen LogP contribution >= 0.6 is 11.9 Å². The van der Waals surface area contributed by atoms with E-state index in [0.29, 0.717) is 32.9 Å². The highest BCUT2D eigenvalue weighted by Gasteiger charge is 2.16. The maximum atomic E-state index is 12.0. The lowest BCUT2D eigenvalue weighted by Gasteiger charge is -2.23. The molecular formula is C19H28N4O4S. The van der Waals surface area contributed by atoms with Gasteiger partial charge in [0.05, 0.1) is 44.9 Å². The van der Waals surface area contributed by atoms with Crippen LogP contribution in [0.4, 0.5) is 5.69 Å². The molecule has 1 amide bonds. The second kappa shape index (κ2) is 11.8. The van der Waals surface area contributed by atoms with E-state index in [-0.39, 0.29) is 17.7 Å². The molecule has 1 aromatic heterocycles. The Bertz CT molecular complexity index is 680. The van der Waals surface area contributed by atoms with E-state index in [0.717, 1.165) is 16.2 Å². The number of carbonyl (C=O) groups excluding carboxylic acids is 1. The topological polar surface area (TPSA) is 93.7 Å². The van der Waals surface area contributed by atoms with Crippen molar-refractivity contribution in [2.24, 2.45) is 5.92 Å². The predicted molar refractivity (Wildman–Crippen MR) is 112 cm³/mol. The van der Waals surface area contributed by atoms with Gasteiger partial charge in [0.2, 0.25) is 0 Å². The van der Waals surface area contributed by atoms with Crippen molar-refractivity contribution in [2.75, 3.05) is 45.3 Å². The van der Waals surface area contributed by atoms with Gasteiger partial charge in [-0.2, -0.15) is 0 Å². The molecule has 28 heavy (non-hydrogen) atoms. The number of hydroxylamine groups is 1. The third kappa shape index (κ3) is 6.92. The molecule has 2 unspecified atom stereocenters. The number of nitrogens with zero attached hydrogens (tertiary/aromatic N) is 1. The molecule has 8 nitrogen and oxygen atoms in total. The molecule has 3 N–H and O–H groups in total. The summed E-state index contributed by atoms with van der Waals surface area (Å²) in [5.41, 5.74) is 4.09. The molecule has 0 aromatic carbocycles. The number of ether oxygens (including phenoxy) is 2. The Labute approximate surface area is 170 Å². The standard InChI is InChI=1S/C19H28N4O4S/c1-5-13(2)9-20-18-11-21-17(19(24)23-25-4)8-16(18)14(3)28-22-10-15-12-26-6-7-27-15/h5,8,11,13,15,20,22H,1,3,6-7,9-10,12H2,2,4H3,(H,23,24). The maximum Gasteiger partial charge on any atom is 0.293 e. The monoisotopic (exact) mass is 408 g/mol. The lowest BCUT2D eigenvalue weighted by atomic mass is 10.1. The van der Waals surface area contributed by atoms with Crippen molar-refractivity contribution in [1.82, 2.24) is 15.2 Å². The Morgan fingerprint density at radius 3 is 3.04 bits per heavy atom. The summed E-state index contributed by atoms with van der Waals surface area (Å²) < 4.78 is 14.3. The summed E-state index contributed by atoms with van der Waals surface area (Å²) in [5, 5.41) is 3.34. The smallest absolute Gasteiger partial charge is 0.293 e. The van der Waals surface area contributed by atoms with Crippen LogP contribution in [-0.2, 0) is 14.3 Å². The normalized spacial score (nSPS) is 17.6. The first kappa shape index (κ1) is 22.4. The van der Waals surface area contributed by atoms with E-state index in [1.165, 1.54) is 19.1 Å². The number of carbonyl (C=O) groups is 1. The summed E-state index contributed by atoms with van der Waals surface area (Å²) in [5.74, 6) is -0.139. The van der Waals surface area contributed by atoms with E-state index in [1.807, 2.05) is 6.08 Å². The van der Waals surface area contributed by atoms with E-state index >= 15 is 0 Å². The zero-order valence-electron chi connectivity index (χ0n) is 16.3.